The van der Waals surface area contributed by atoms with Gasteiger partial charge in [-0.3, -0.25) is 15.1 Å². The minimum Gasteiger partial charge on any atom is -0.258 e. The predicted molar refractivity (Wildman–Crippen MR) is 40.6 cm³/mol. The molecule has 1 aromatic rings. The van der Waals surface area contributed by atoms with Crippen LogP contribution < -0.4 is 0 Å². The Morgan fingerprint density at radius 2 is 2.36 bits per heavy atom. The molecule has 0 fully saturated rings. The zero-order chi connectivity index (χ0) is 8.43. The maximum absolute atomic E-state index is 10.2. The highest BCUT2D eigenvalue weighted by Crippen LogP contribution is 2.18. The largest absolute Gasteiger partial charge is 0.289 e. The van der Waals surface area contributed by atoms with Gasteiger partial charge in [0.2, 0.25) is 0 Å². The SMILES string of the molecule is Cc1ncc([N+](=O)[O-])cc1Cl. The van der Waals surface area contributed by atoms with Gasteiger partial charge in [0.1, 0.15) is 6.20 Å². The lowest BCUT2D eigenvalue weighted by atomic mass is 10.3. The molecule has 5 heteroatoms. The van der Waals surface area contributed by atoms with Crippen LogP contribution in [0.1, 0.15) is 5.69 Å². The molecule has 4 nitrogen and oxygen atoms in total. The Morgan fingerprint density at radius 1 is 1.73 bits per heavy atom. The van der Waals surface area contributed by atoms with E-state index in [1.165, 1.54) is 12.3 Å². The van der Waals surface area contributed by atoms with Crippen molar-refractivity contribution in [3.63, 3.8) is 0 Å². The maximum atomic E-state index is 10.2. The molecular formula is C6H5ClN2O2. The number of aromatic nitrogens is 1. The quantitative estimate of drug-likeness (QED) is 0.481. The van der Waals surface area contributed by atoms with Crippen LogP contribution >= 0.6 is 11.6 Å². The average molecular weight is 173 g/mol. The number of halogens is 1. The molecule has 0 aliphatic carbocycles. The van der Waals surface area contributed by atoms with E-state index in [4.69, 9.17) is 11.6 Å². The van der Waals surface area contributed by atoms with Crippen molar-refractivity contribution in [1.29, 1.82) is 0 Å². The van der Waals surface area contributed by atoms with Crippen molar-refractivity contribution < 1.29 is 4.92 Å². The molecule has 0 saturated carbocycles. The normalized spacial score (nSPS) is 9.64. The number of rotatable bonds is 1. The fourth-order valence-corrected chi connectivity index (χ4v) is 0.757. The smallest absolute Gasteiger partial charge is 0.258 e. The minimum atomic E-state index is -0.529. The molecule has 0 atom stereocenters. The number of nitro groups is 1. The van der Waals surface area contributed by atoms with Crippen molar-refractivity contribution in [1.82, 2.24) is 4.98 Å². The van der Waals surface area contributed by atoms with Gasteiger partial charge < -0.3 is 0 Å². The Hall–Kier alpha value is -1.16. The maximum Gasteiger partial charge on any atom is 0.289 e. The van der Waals surface area contributed by atoms with Crippen LogP contribution in [0.5, 0.6) is 0 Å². The lowest BCUT2D eigenvalue weighted by molar-refractivity contribution is -0.385. The van der Waals surface area contributed by atoms with Crippen molar-refractivity contribution in [2.75, 3.05) is 0 Å². The molecule has 0 amide bonds. The van der Waals surface area contributed by atoms with E-state index in [1.54, 1.807) is 6.92 Å². The van der Waals surface area contributed by atoms with Crippen LogP contribution in [0.2, 0.25) is 5.02 Å². The molecule has 0 aliphatic heterocycles. The van der Waals surface area contributed by atoms with Crippen LogP contribution in [-0.2, 0) is 0 Å². The first-order chi connectivity index (χ1) is 5.11. The lowest BCUT2D eigenvalue weighted by Gasteiger charge is -1.94. The summed E-state index contributed by atoms with van der Waals surface area (Å²) in [5, 5.41) is 10.5. The Morgan fingerprint density at radius 3 is 2.82 bits per heavy atom. The van der Waals surface area contributed by atoms with Gasteiger partial charge in [-0.1, -0.05) is 11.6 Å². The first kappa shape index (κ1) is 7.94. The molecule has 0 saturated heterocycles. The first-order valence-electron chi connectivity index (χ1n) is 2.88. The number of aryl methyl sites for hydroxylation is 1. The van der Waals surface area contributed by atoms with Gasteiger partial charge in [-0.05, 0) is 6.92 Å². The van der Waals surface area contributed by atoms with Crippen molar-refractivity contribution in [2.24, 2.45) is 0 Å². The van der Waals surface area contributed by atoms with Crippen molar-refractivity contribution in [2.45, 2.75) is 6.92 Å². The fourth-order valence-electron chi connectivity index (χ4n) is 0.596. The van der Waals surface area contributed by atoms with Crippen LogP contribution in [-0.4, -0.2) is 9.91 Å². The predicted octanol–water partition coefficient (Wildman–Crippen LogP) is 1.95. The van der Waals surface area contributed by atoms with Crippen molar-refractivity contribution in [3.05, 3.63) is 33.1 Å². The molecule has 0 aliphatic rings. The Bertz CT molecular complexity index is 301. The van der Waals surface area contributed by atoms with Crippen LogP contribution in [0.4, 0.5) is 5.69 Å². The highest BCUT2D eigenvalue weighted by Gasteiger charge is 2.07. The highest BCUT2D eigenvalue weighted by atomic mass is 35.5. The summed E-state index contributed by atoms with van der Waals surface area (Å²) in [6.45, 7) is 1.69. The molecule has 0 aromatic carbocycles. The second-order valence-electron chi connectivity index (χ2n) is 2.02. The Labute approximate surface area is 68.0 Å². The van der Waals surface area contributed by atoms with Gasteiger partial charge in [0.15, 0.2) is 0 Å². The monoisotopic (exact) mass is 172 g/mol. The Balaban J connectivity index is 3.15. The minimum absolute atomic E-state index is 0.0828. The second kappa shape index (κ2) is 2.84. The van der Waals surface area contributed by atoms with E-state index in [0.717, 1.165) is 0 Å². The molecule has 58 valence electrons. The topological polar surface area (TPSA) is 56.0 Å². The second-order valence-corrected chi connectivity index (χ2v) is 2.43. The number of nitrogens with zero attached hydrogens (tertiary/aromatic N) is 2. The summed E-state index contributed by atoms with van der Waals surface area (Å²) in [5.41, 5.74) is 0.512. The molecule has 0 radical (unpaired) electrons. The molecule has 1 rings (SSSR count). The molecule has 0 N–H and O–H groups in total. The van der Waals surface area contributed by atoms with Gasteiger partial charge >= 0.3 is 0 Å². The van der Waals surface area contributed by atoms with Gasteiger partial charge in [0.25, 0.3) is 5.69 Å². The van der Waals surface area contributed by atoms with Crippen LogP contribution in [0.15, 0.2) is 12.3 Å². The lowest BCUT2D eigenvalue weighted by Crippen LogP contribution is -1.90. The van der Waals surface area contributed by atoms with Crippen LogP contribution in [0, 0.1) is 17.0 Å². The van der Waals surface area contributed by atoms with E-state index >= 15 is 0 Å². The Kier molecular flexibility index (Phi) is 2.05. The summed E-state index contributed by atoms with van der Waals surface area (Å²) in [4.78, 5) is 13.4. The van der Waals surface area contributed by atoms with E-state index in [9.17, 15) is 10.1 Å². The average Bonchev–Trinajstić information content (AvgIpc) is 1.94. The van der Waals surface area contributed by atoms with Gasteiger partial charge in [-0.15, -0.1) is 0 Å². The van der Waals surface area contributed by atoms with E-state index in [2.05, 4.69) is 4.98 Å². The first-order valence-corrected chi connectivity index (χ1v) is 3.25. The zero-order valence-corrected chi connectivity index (χ0v) is 6.50. The van der Waals surface area contributed by atoms with Crippen LogP contribution in [0.3, 0.4) is 0 Å². The fraction of sp³-hybridized carbons (Fsp3) is 0.167. The molecule has 1 heterocycles. The van der Waals surface area contributed by atoms with E-state index in [-0.39, 0.29) is 5.69 Å². The summed E-state index contributed by atoms with van der Waals surface area (Å²) < 4.78 is 0. The summed E-state index contributed by atoms with van der Waals surface area (Å²) in [7, 11) is 0. The van der Waals surface area contributed by atoms with Gasteiger partial charge in [-0.25, -0.2) is 0 Å². The molecule has 11 heavy (non-hydrogen) atoms. The van der Waals surface area contributed by atoms with Crippen LogP contribution in [0.25, 0.3) is 0 Å². The van der Waals surface area contributed by atoms with Crippen molar-refractivity contribution >= 4 is 17.3 Å². The third kappa shape index (κ3) is 1.65. The summed E-state index contributed by atoms with van der Waals surface area (Å²) in [5.74, 6) is 0. The summed E-state index contributed by atoms with van der Waals surface area (Å²) >= 11 is 5.59. The van der Waals surface area contributed by atoms with Gasteiger partial charge in [-0.2, -0.15) is 0 Å². The third-order valence-corrected chi connectivity index (χ3v) is 1.60. The summed E-state index contributed by atoms with van der Waals surface area (Å²) in [6, 6.07) is 1.28. The highest BCUT2D eigenvalue weighted by molar-refractivity contribution is 6.31. The molecule has 0 bridgehead atoms. The van der Waals surface area contributed by atoms with E-state index in [0.29, 0.717) is 10.7 Å². The standard InChI is InChI=1S/C6H5ClN2O2/c1-4-6(7)2-5(3-8-4)9(10)11/h2-3H,1H3. The number of pyridine rings is 1. The molecular weight excluding hydrogens is 168 g/mol. The number of hydrogen-bond donors (Lipinski definition) is 0. The van der Waals surface area contributed by atoms with Gasteiger partial charge in [0.05, 0.1) is 15.6 Å². The zero-order valence-electron chi connectivity index (χ0n) is 5.74. The number of hydrogen-bond acceptors (Lipinski definition) is 3. The molecule has 0 unspecified atom stereocenters. The van der Waals surface area contributed by atoms with Crippen molar-refractivity contribution in [3.8, 4) is 0 Å². The molecule has 1 aromatic heterocycles. The third-order valence-electron chi connectivity index (χ3n) is 1.22. The molecule has 0 spiro atoms. The van der Waals surface area contributed by atoms with Gasteiger partial charge in [0, 0.05) is 6.07 Å². The van der Waals surface area contributed by atoms with E-state index in [1.807, 2.05) is 0 Å². The summed E-state index contributed by atoms with van der Waals surface area (Å²) in [6.07, 6.45) is 1.18. The van der Waals surface area contributed by atoms with E-state index < -0.39 is 4.92 Å².